The first kappa shape index (κ1) is 21.4. The zero-order valence-corrected chi connectivity index (χ0v) is 17.9. The van der Waals surface area contributed by atoms with Crippen molar-refractivity contribution in [2.75, 3.05) is 39.4 Å². The number of amides is 1. The summed E-state index contributed by atoms with van der Waals surface area (Å²) in [5.41, 5.74) is 2.33. The number of quaternary nitrogens is 1. The molecule has 1 N–H and O–H groups in total. The molecule has 2 fully saturated rings. The third-order valence-electron chi connectivity index (χ3n) is 6.29. The van der Waals surface area contributed by atoms with E-state index in [1.165, 1.54) is 4.90 Å². The number of Topliss-reactive ketones (excluding diaryl/α,β-unsaturated/α-hetero) is 2. The predicted octanol–water partition coefficient (Wildman–Crippen LogP) is 1.25. The Balaban J connectivity index is 1.58. The molecule has 2 aliphatic heterocycles. The minimum absolute atomic E-state index is 0.284. The summed E-state index contributed by atoms with van der Waals surface area (Å²) in [6.07, 6.45) is 0.781. The van der Waals surface area contributed by atoms with E-state index in [1.54, 1.807) is 17.0 Å². The van der Waals surface area contributed by atoms with Gasteiger partial charge in [0, 0.05) is 18.5 Å². The Hall–Kier alpha value is -2.83. The van der Waals surface area contributed by atoms with Gasteiger partial charge in [-0.1, -0.05) is 60.2 Å². The molecule has 6 nitrogen and oxygen atoms in total. The van der Waals surface area contributed by atoms with Crippen molar-refractivity contribution in [1.29, 1.82) is 0 Å². The van der Waals surface area contributed by atoms with Gasteiger partial charge in [-0.05, 0) is 12.5 Å². The van der Waals surface area contributed by atoms with Gasteiger partial charge >= 0.3 is 0 Å². The number of hydrogen-bond donors (Lipinski definition) is 1. The largest absolute Gasteiger partial charge is 0.370 e. The van der Waals surface area contributed by atoms with Gasteiger partial charge in [0.1, 0.15) is 19.0 Å². The number of benzene rings is 2. The standard InChI is InChI=1S/C25H28N2O4/c1-18-8-10-20(11-9-18)23(28)21-22(19-6-3-2-4-7-19)27(25(30)24(21)29)13-5-12-26-14-16-31-17-15-26/h2-4,6-11,21-22H,5,12-17H2,1H3/p+1. The SMILES string of the molecule is Cc1ccc(C(=O)C2C(=O)C(=O)N(CCC[NH+]3CCOCC3)C2c2ccccc2)cc1. The van der Waals surface area contributed by atoms with Crippen molar-refractivity contribution in [3.8, 4) is 0 Å². The molecule has 1 amide bonds. The minimum atomic E-state index is -1.01. The van der Waals surface area contributed by atoms with Crippen molar-refractivity contribution < 1.29 is 24.0 Å². The fraction of sp³-hybridized carbons (Fsp3) is 0.400. The van der Waals surface area contributed by atoms with Crippen LogP contribution in [0.4, 0.5) is 0 Å². The molecule has 2 aromatic rings. The minimum Gasteiger partial charge on any atom is -0.370 e. The molecule has 2 aliphatic rings. The molecule has 6 heteroatoms. The quantitative estimate of drug-likeness (QED) is 0.415. The maximum atomic E-state index is 13.3. The van der Waals surface area contributed by atoms with Gasteiger partial charge in [-0.25, -0.2) is 0 Å². The van der Waals surface area contributed by atoms with Crippen LogP contribution >= 0.6 is 0 Å². The third kappa shape index (κ3) is 4.60. The molecule has 0 aliphatic carbocycles. The second-order valence-electron chi connectivity index (χ2n) is 8.39. The summed E-state index contributed by atoms with van der Waals surface area (Å²) in [5, 5.41) is 0. The van der Waals surface area contributed by atoms with Crippen LogP contribution in [0.5, 0.6) is 0 Å². The number of carbonyl (C=O) groups is 3. The van der Waals surface area contributed by atoms with Crippen LogP contribution in [0.15, 0.2) is 54.6 Å². The Morgan fingerprint density at radius 3 is 2.39 bits per heavy atom. The normalized spacial score (nSPS) is 22.2. The molecule has 2 saturated heterocycles. The van der Waals surface area contributed by atoms with Crippen LogP contribution in [0, 0.1) is 12.8 Å². The van der Waals surface area contributed by atoms with Crippen LogP contribution in [-0.4, -0.2) is 61.8 Å². The number of carbonyl (C=O) groups excluding carboxylic acids is 3. The average molecular weight is 422 g/mol. The van der Waals surface area contributed by atoms with Crippen molar-refractivity contribution in [3.63, 3.8) is 0 Å². The van der Waals surface area contributed by atoms with Gasteiger partial charge in [0.15, 0.2) is 5.78 Å². The number of morpholine rings is 1. The van der Waals surface area contributed by atoms with Crippen LogP contribution in [0.1, 0.15) is 33.9 Å². The molecule has 2 aromatic carbocycles. The molecule has 31 heavy (non-hydrogen) atoms. The molecule has 0 saturated carbocycles. The second kappa shape index (κ2) is 9.54. The summed E-state index contributed by atoms with van der Waals surface area (Å²) >= 11 is 0. The van der Waals surface area contributed by atoms with Gasteiger partial charge in [-0.2, -0.15) is 0 Å². The molecule has 4 rings (SSSR count). The van der Waals surface area contributed by atoms with Gasteiger partial charge in [0.2, 0.25) is 5.78 Å². The highest BCUT2D eigenvalue weighted by Gasteiger charge is 2.51. The third-order valence-corrected chi connectivity index (χ3v) is 6.29. The van der Waals surface area contributed by atoms with Crippen molar-refractivity contribution >= 4 is 17.5 Å². The van der Waals surface area contributed by atoms with E-state index in [-0.39, 0.29) is 5.78 Å². The number of ether oxygens (including phenoxy) is 1. The number of rotatable bonds is 7. The van der Waals surface area contributed by atoms with Crippen LogP contribution in [0.25, 0.3) is 0 Å². The van der Waals surface area contributed by atoms with Gasteiger partial charge in [0.25, 0.3) is 5.91 Å². The first-order chi connectivity index (χ1) is 15.1. The van der Waals surface area contributed by atoms with Gasteiger partial charge in [-0.15, -0.1) is 0 Å². The first-order valence-electron chi connectivity index (χ1n) is 11.0. The Bertz CT molecular complexity index is 936. The predicted molar refractivity (Wildman–Crippen MR) is 116 cm³/mol. The molecular formula is C25H29N2O4+. The Kier molecular flexibility index (Phi) is 6.59. The monoisotopic (exact) mass is 421 g/mol. The molecule has 0 aromatic heterocycles. The lowest BCUT2D eigenvalue weighted by Crippen LogP contribution is -3.14. The van der Waals surface area contributed by atoms with E-state index in [2.05, 4.69) is 0 Å². The van der Waals surface area contributed by atoms with Crippen LogP contribution < -0.4 is 4.90 Å². The van der Waals surface area contributed by atoms with E-state index in [4.69, 9.17) is 4.74 Å². The van der Waals surface area contributed by atoms with E-state index in [0.717, 1.165) is 50.4 Å². The lowest BCUT2D eigenvalue weighted by Gasteiger charge is -2.28. The number of hydrogen-bond acceptors (Lipinski definition) is 4. The molecule has 2 unspecified atom stereocenters. The highest BCUT2D eigenvalue weighted by atomic mass is 16.5. The summed E-state index contributed by atoms with van der Waals surface area (Å²) < 4.78 is 5.41. The number of nitrogens with zero attached hydrogens (tertiary/aromatic N) is 1. The van der Waals surface area contributed by atoms with E-state index >= 15 is 0 Å². The maximum absolute atomic E-state index is 13.3. The number of aryl methyl sites for hydroxylation is 1. The van der Waals surface area contributed by atoms with Crippen molar-refractivity contribution in [2.24, 2.45) is 5.92 Å². The molecule has 0 radical (unpaired) electrons. The molecule has 162 valence electrons. The molecule has 0 bridgehead atoms. The summed E-state index contributed by atoms with van der Waals surface area (Å²) in [5.74, 6) is -2.43. The molecular weight excluding hydrogens is 392 g/mol. The van der Waals surface area contributed by atoms with E-state index in [1.807, 2.05) is 49.4 Å². The molecule has 2 atom stereocenters. The zero-order valence-electron chi connectivity index (χ0n) is 17.9. The van der Waals surface area contributed by atoms with E-state index < -0.39 is 23.7 Å². The van der Waals surface area contributed by atoms with Gasteiger partial charge in [0.05, 0.1) is 25.8 Å². The van der Waals surface area contributed by atoms with Crippen molar-refractivity contribution in [1.82, 2.24) is 4.90 Å². The average Bonchev–Trinajstić information content (AvgIpc) is 3.05. The summed E-state index contributed by atoms with van der Waals surface area (Å²) in [6.45, 7) is 6.77. The van der Waals surface area contributed by atoms with E-state index in [9.17, 15) is 14.4 Å². The van der Waals surface area contributed by atoms with E-state index in [0.29, 0.717) is 12.1 Å². The highest BCUT2D eigenvalue weighted by molar-refractivity contribution is 6.44. The maximum Gasteiger partial charge on any atom is 0.291 e. The summed E-state index contributed by atoms with van der Waals surface area (Å²) in [7, 11) is 0. The van der Waals surface area contributed by atoms with Crippen molar-refractivity contribution in [2.45, 2.75) is 19.4 Å². The lowest BCUT2D eigenvalue weighted by atomic mass is 9.86. The number of likely N-dealkylation sites (tertiary alicyclic amines) is 1. The Labute approximate surface area is 182 Å². The van der Waals surface area contributed by atoms with Crippen LogP contribution in [-0.2, 0) is 14.3 Å². The number of ketones is 2. The summed E-state index contributed by atoms with van der Waals surface area (Å²) in [4.78, 5) is 42.4. The first-order valence-corrected chi connectivity index (χ1v) is 11.0. The lowest BCUT2D eigenvalue weighted by molar-refractivity contribution is -0.908. The number of nitrogens with one attached hydrogen (secondary N) is 1. The zero-order chi connectivity index (χ0) is 21.8. The fourth-order valence-corrected chi connectivity index (χ4v) is 4.56. The van der Waals surface area contributed by atoms with Crippen molar-refractivity contribution in [3.05, 3.63) is 71.3 Å². The molecule has 2 heterocycles. The highest BCUT2D eigenvalue weighted by Crippen LogP contribution is 2.38. The molecule has 0 spiro atoms. The van der Waals surface area contributed by atoms with Crippen LogP contribution in [0.3, 0.4) is 0 Å². The summed E-state index contributed by atoms with van der Waals surface area (Å²) in [6, 6.07) is 16.1. The van der Waals surface area contributed by atoms with Crippen LogP contribution in [0.2, 0.25) is 0 Å². The smallest absolute Gasteiger partial charge is 0.291 e. The Morgan fingerprint density at radius 2 is 1.71 bits per heavy atom. The van der Waals surface area contributed by atoms with Gasteiger partial charge < -0.3 is 14.5 Å². The Morgan fingerprint density at radius 1 is 1.03 bits per heavy atom. The van der Waals surface area contributed by atoms with Gasteiger partial charge in [-0.3, -0.25) is 14.4 Å². The fourth-order valence-electron chi connectivity index (χ4n) is 4.56. The second-order valence-corrected chi connectivity index (χ2v) is 8.39. The topological polar surface area (TPSA) is 68.1 Å².